The van der Waals surface area contributed by atoms with Gasteiger partial charge in [0.25, 0.3) is 0 Å². The van der Waals surface area contributed by atoms with E-state index in [1.807, 2.05) is 18.2 Å². The SMILES string of the molecule is CCNC(=NCC1CC(=O)Nc2ccccc21)NCCCc1ccc(N(C)C)cc1. The maximum Gasteiger partial charge on any atom is 0.225 e. The van der Waals surface area contributed by atoms with Crippen molar-refractivity contribution in [2.24, 2.45) is 4.99 Å². The van der Waals surface area contributed by atoms with E-state index in [9.17, 15) is 4.79 Å². The van der Waals surface area contributed by atoms with Gasteiger partial charge in [-0.05, 0) is 49.1 Å². The number of amides is 1. The Balaban J connectivity index is 1.52. The molecule has 1 unspecified atom stereocenters. The molecule has 0 bridgehead atoms. The average molecular weight is 408 g/mol. The molecule has 2 aromatic rings. The number of carbonyl (C=O) groups is 1. The second-order valence-corrected chi connectivity index (χ2v) is 7.85. The Morgan fingerprint density at radius 3 is 2.63 bits per heavy atom. The Morgan fingerprint density at radius 2 is 1.90 bits per heavy atom. The molecule has 1 aliphatic heterocycles. The number of anilines is 2. The quantitative estimate of drug-likeness (QED) is 0.357. The number of aliphatic imine (C=N–C) groups is 1. The summed E-state index contributed by atoms with van der Waals surface area (Å²) < 4.78 is 0. The van der Waals surface area contributed by atoms with Gasteiger partial charge < -0.3 is 20.9 Å². The highest BCUT2D eigenvalue weighted by molar-refractivity contribution is 5.94. The van der Waals surface area contributed by atoms with Gasteiger partial charge in [0.05, 0.1) is 6.54 Å². The number of guanidine groups is 1. The molecule has 3 N–H and O–H groups in total. The molecule has 1 heterocycles. The maximum atomic E-state index is 12.0. The molecule has 2 aromatic carbocycles. The third kappa shape index (κ3) is 5.99. The summed E-state index contributed by atoms with van der Waals surface area (Å²) in [5.41, 5.74) is 4.63. The summed E-state index contributed by atoms with van der Waals surface area (Å²) >= 11 is 0. The van der Waals surface area contributed by atoms with Crippen LogP contribution in [0.4, 0.5) is 11.4 Å². The topological polar surface area (TPSA) is 68.8 Å². The van der Waals surface area contributed by atoms with Crippen molar-refractivity contribution < 1.29 is 4.79 Å². The van der Waals surface area contributed by atoms with Crippen LogP contribution in [0.5, 0.6) is 0 Å². The predicted molar refractivity (Wildman–Crippen MR) is 126 cm³/mol. The summed E-state index contributed by atoms with van der Waals surface area (Å²) in [5, 5.41) is 9.68. The van der Waals surface area contributed by atoms with Crippen molar-refractivity contribution in [3.05, 3.63) is 59.7 Å². The van der Waals surface area contributed by atoms with E-state index in [0.717, 1.165) is 43.1 Å². The highest BCUT2D eigenvalue weighted by atomic mass is 16.1. The lowest BCUT2D eigenvalue weighted by atomic mass is 9.91. The summed E-state index contributed by atoms with van der Waals surface area (Å²) in [7, 11) is 4.11. The molecule has 0 saturated heterocycles. The van der Waals surface area contributed by atoms with Crippen molar-refractivity contribution in [1.29, 1.82) is 0 Å². The molecule has 0 radical (unpaired) electrons. The second-order valence-electron chi connectivity index (χ2n) is 7.85. The van der Waals surface area contributed by atoms with Crippen LogP contribution >= 0.6 is 0 Å². The van der Waals surface area contributed by atoms with Gasteiger partial charge in [-0.3, -0.25) is 9.79 Å². The number of carbonyl (C=O) groups excluding carboxylic acids is 1. The molecule has 0 fully saturated rings. The summed E-state index contributed by atoms with van der Waals surface area (Å²) in [6.45, 7) is 4.31. The molecule has 3 rings (SSSR count). The molecule has 6 nitrogen and oxygen atoms in total. The van der Waals surface area contributed by atoms with Crippen LogP contribution in [0.1, 0.15) is 36.8 Å². The molecular formula is C24H33N5O. The van der Waals surface area contributed by atoms with Crippen molar-refractivity contribution in [2.75, 3.05) is 43.9 Å². The fourth-order valence-corrected chi connectivity index (χ4v) is 3.67. The summed E-state index contributed by atoms with van der Waals surface area (Å²) in [5.74, 6) is 0.983. The summed E-state index contributed by atoms with van der Waals surface area (Å²) in [4.78, 5) is 18.9. The first-order chi connectivity index (χ1) is 14.6. The van der Waals surface area contributed by atoms with Gasteiger partial charge in [0.15, 0.2) is 5.96 Å². The largest absolute Gasteiger partial charge is 0.378 e. The third-order valence-corrected chi connectivity index (χ3v) is 5.31. The molecule has 0 aromatic heterocycles. The van der Waals surface area contributed by atoms with E-state index >= 15 is 0 Å². The van der Waals surface area contributed by atoms with Crippen LogP contribution in [-0.4, -0.2) is 45.6 Å². The third-order valence-electron chi connectivity index (χ3n) is 5.31. The molecule has 6 heteroatoms. The standard InChI is InChI=1S/C24H33N5O/c1-4-25-24(26-15-7-8-18-11-13-20(14-12-18)29(2)3)27-17-19-16-23(30)28-22-10-6-5-9-21(19)22/h5-6,9-14,19H,4,7-8,15-17H2,1-3H3,(H,28,30)(H2,25,26,27). The second kappa shape index (κ2) is 10.7. The Kier molecular flexibility index (Phi) is 7.71. The van der Waals surface area contributed by atoms with E-state index in [2.05, 4.69) is 72.2 Å². The zero-order valence-corrected chi connectivity index (χ0v) is 18.2. The Labute approximate surface area is 179 Å². The fraction of sp³-hybridized carbons (Fsp3) is 0.417. The van der Waals surface area contributed by atoms with Gasteiger partial charge in [0.2, 0.25) is 5.91 Å². The molecule has 1 aliphatic rings. The highest BCUT2D eigenvalue weighted by Crippen LogP contribution is 2.31. The normalized spacial score (nSPS) is 15.9. The van der Waals surface area contributed by atoms with Crippen molar-refractivity contribution in [1.82, 2.24) is 10.6 Å². The van der Waals surface area contributed by atoms with Gasteiger partial charge in [-0.25, -0.2) is 0 Å². The predicted octanol–water partition coefficient (Wildman–Crippen LogP) is 3.37. The first-order valence-corrected chi connectivity index (χ1v) is 10.7. The van der Waals surface area contributed by atoms with E-state index < -0.39 is 0 Å². The highest BCUT2D eigenvalue weighted by Gasteiger charge is 2.24. The van der Waals surface area contributed by atoms with E-state index in [1.54, 1.807) is 0 Å². The average Bonchev–Trinajstić information content (AvgIpc) is 2.75. The minimum absolute atomic E-state index is 0.0622. The number of nitrogens with zero attached hydrogens (tertiary/aromatic N) is 2. The van der Waals surface area contributed by atoms with E-state index in [4.69, 9.17) is 4.99 Å². The molecule has 1 atom stereocenters. The summed E-state index contributed by atoms with van der Waals surface area (Å²) in [6.07, 6.45) is 2.53. The van der Waals surface area contributed by atoms with Crippen molar-refractivity contribution in [3.63, 3.8) is 0 Å². The van der Waals surface area contributed by atoms with Gasteiger partial charge >= 0.3 is 0 Å². The van der Waals surface area contributed by atoms with Crippen molar-refractivity contribution in [2.45, 2.75) is 32.1 Å². The smallest absolute Gasteiger partial charge is 0.225 e. The van der Waals surface area contributed by atoms with Crippen LogP contribution < -0.4 is 20.9 Å². The van der Waals surface area contributed by atoms with Crippen LogP contribution in [0.3, 0.4) is 0 Å². The number of para-hydroxylation sites is 1. The first kappa shape index (κ1) is 21.7. The van der Waals surface area contributed by atoms with Crippen LogP contribution in [0.15, 0.2) is 53.5 Å². The Bertz CT molecular complexity index is 860. The molecule has 0 saturated carbocycles. The van der Waals surface area contributed by atoms with Crippen LogP contribution in [0.25, 0.3) is 0 Å². The zero-order chi connectivity index (χ0) is 21.3. The summed E-state index contributed by atoms with van der Waals surface area (Å²) in [6, 6.07) is 16.7. The number of fused-ring (bicyclic) bond motifs is 1. The minimum Gasteiger partial charge on any atom is -0.378 e. The molecular weight excluding hydrogens is 374 g/mol. The lowest BCUT2D eigenvalue weighted by molar-refractivity contribution is -0.116. The van der Waals surface area contributed by atoms with E-state index in [0.29, 0.717) is 13.0 Å². The Morgan fingerprint density at radius 1 is 1.13 bits per heavy atom. The lowest BCUT2D eigenvalue weighted by Crippen LogP contribution is -2.38. The molecule has 0 spiro atoms. The number of nitrogens with one attached hydrogen (secondary N) is 3. The van der Waals surface area contributed by atoms with Gasteiger partial charge in [-0.1, -0.05) is 30.3 Å². The minimum atomic E-state index is 0.0622. The number of hydrogen-bond acceptors (Lipinski definition) is 3. The number of rotatable bonds is 8. The van der Waals surface area contributed by atoms with Gasteiger partial charge in [0, 0.05) is 50.9 Å². The van der Waals surface area contributed by atoms with Gasteiger partial charge in [-0.2, -0.15) is 0 Å². The first-order valence-electron chi connectivity index (χ1n) is 10.7. The van der Waals surface area contributed by atoms with Crippen molar-refractivity contribution >= 4 is 23.2 Å². The number of hydrogen-bond donors (Lipinski definition) is 3. The molecule has 1 amide bonds. The van der Waals surface area contributed by atoms with Gasteiger partial charge in [0.1, 0.15) is 0 Å². The molecule has 0 aliphatic carbocycles. The fourth-order valence-electron chi connectivity index (χ4n) is 3.67. The van der Waals surface area contributed by atoms with Crippen LogP contribution in [0.2, 0.25) is 0 Å². The zero-order valence-electron chi connectivity index (χ0n) is 18.2. The number of benzene rings is 2. The van der Waals surface area contributed by atoms with E-state index in [1.165, 1.54) is 11.3 Å². The van der Waals surface area contributed by atoms with Crippen molar-refractivity contribution in [3.8, 4) is 0 Å². The monoisotopic (exact) mass is 407 g/mol. The molecule has 30 heavy (non-hydrogen) atoms. The van der Waals surface area contributed by atoms with Gasteiger partial charge in [-0.15, -0.1) is 0 Å². The number of aryl methyl sites for hydroxylation is 1. The lowest BCUT2D eigenvalue weighted by Gasteiger charge is -2.24. The maximum absolute atomic E-state index is 12.0. The van der Waals surface area contributed by atoms with E-state index in [-0.39, 0.29) is 11.8 Å². The van der Waals surface area contributed by atoms with Crippen LogP contribution in [0, 0.1) is 0 Å². The Hall–Kier alpha value is -3.02. The van der Waals surface area contributed by atoms with Crippen LogP contribution in [-0.2, 0) is 11.2 Å². The molecule has 160 valence electrons.